The second-order valence-electron chi connectivity index (χ2n) is 6.51. The fourth-order valence-corrected chi connectivity index (χ4v) is 2.11. The Balaban J connectivity index is 2.87. The second-order valence-corrected chi connectivity index (χ2v) is 6.51. The topological polar surface area (TPSA) is 64.6 Å². The van der Waals surface area contributed by atoms with Crippen molar-refractivity contribution in [3.05, 3.63) is 11.3 Å². The number of alkyl halides is 1. The summed E-state index contributed by atoms with van der Waals surface area (Å²) < 4.78 is 23.6. The monoisotopic (exact) mass is 301 g/mol. The quantitative estimate of drug-likeness (QED) is 0.628. The number of hydrogen-bond acceptors (Lipinski definition) is 4. The molecule has 1 aliphatic rings. The van der Waals surface area contributed by atoms with E-state index in [2.05, 4.69) is 10.1 Å². The number of esters is 1. The molecule has 0 radical (unpaired) electrons. The van der Waals surface area contributed by atoms with Crippen LogP contribution < -0.4 is 5.32 Å². The van der Waals surface area contributed by atoms with E-state index < -0.39 is 23.3 Å². The van der Waals surface area contributed by atoms with Crippen LogP contribution in [0.15, 0.2) is 11.3 Å². The van der Waals surface area contributed by atoms with E-state index in [0.717, 1.165) is 0 Å². The summed E-state index contributed by atoms with van der Waals surface area (Å²) in [6.45, 7) is 6.73. The minimum absolute atomic E-state index is 0.0715. The Morgan fingerprint density at radius 1 is 1.24 bits per heavy atom. The number of carbonyl (C=O) groups excluding carboxylic acids is 2. The summed E-state index contributed by atoms with van der Waals surface area (Å²) in [7, 11) is 1.24. The lowest BCUT2D eigenvalue weighted by Crippen LogP contribution is -2.36. The molecule has 1 rings (SSSR count). The van der Waals surface area contributed by atoms with Crippen LogP contribution in [-0.2, 0) is 14.3 Å². The Labute approximate surface area is 124 Å². The van der Waals surface area contributed by atoms with Gasteiger partial charge in [-0.2, -0.15) is 0 Å². The van der Waals surface area contributed by atoms with E-state index in [0.29, 0.717) is 31.3 Å². The van der Waals surface area contributed by atoms with Crippen molar-refractivity contribution < 1.29 is 23.5 Å². The predicted octanol–water partition coefficient (Wildman–Crippen LogP) is 3.24. The van der Waals surface area contributed by atoms with Crippen molar-refractivity contribution in [1.82, 2.24) is 5.32 Å². The molecule has 1 amide bonds. The SMILES string of the molecule is COC(=O)C(NC(=O)OC(C)(C)C)=C1CCC(C)(F)CC1. The van der Waals surface area contributed by atoms with Gasteiger partial charge in [-0.1, -0.05) is 0 Å². The molecule has 0 saturated heterocycles. The summed E-state index contributed by atoms with van der Waals surface area (Å²) in [5, 5.41) is 2.44. The molecule has 1 N–H and O–H groups in total. The first kappa shape index (κ1) is 17.5. The maximum atomic E-state index is 13.8. The van der Waals surface area contributed by atoms with Gasteiger partial charge in [0.05, 0.1) is 7.11 Å². The number of halogens is 1. The molecule has 6 heteroatoms. The molecule has 0 aromatic heterocycles. The average Bonchev–Trinajstić information content (AvgIpc) is 2.33. The van der Waals surface area contributed by atoms with Gasteiger partial charge in [0.15, 0.2) is 0 Å². The van der Waals surface area contributed by atoms with E-state index in [1.165, 1.54) is 7.11 Å². The lowest BCUT2D eigenvalue weighted by atomic mass is 9.84. The van der Waals surface area contributed by atoms with Gasteiger partial charge in [-0.15, -0.1) is 0 Å². The van der Waals surface area contributed by atoms with Gasteiger partial charge in [0, 0.05) is 0 Å². The highest BCUT2D eigenvalue weighted by molar-refractivity contribution is 5.93. The molecule has 0 atom stereocenters. The first-order valence-corrected chi connectivity index (χ1v) is 7.03. The van der Waals surface area contributed by atoms with Crippen LogP contribution in [0.1, 0.15) is 53.4 Å². The minimum Gasteiger partial charge on any atom is -0.464 e. The van der Waals surface area contributed by atoms with Crippen LogP contribution in [0.5, 0.6) is 0 Å². The van der Waals surface area contributed by atoms with E-state index in [-0.39, 0.29) is 5.70 Å². The smallest absolute Gasteiger partial charge is 0.412 e. The van der Waals surface area contributed by atoms with E-state index in [4.69, 9.17) is 4.74 Å². The number of ether oxygens (including phenoxy) is 2. The van der Waals surface area contributed by atoms with Crippen molar-refractivity contribution >= 4 is 12.1 Å². The molecule has 21 heavy (non-hydrogen) atoms. The van der Waals surface area contributed by atoms with Gasteiger partial charge >= 0.3 is 12.1 Å². The molecule has 0 spiro atoms. The number of nitrogens with one attached hydrogen (secondary N) is 1. The number of hydrogen-bond donors (Lipinski definition) is 1. The van der Waals surface area contributed by atoms with Crippen molar-refractivity contribution in [3.8, 4) is 0 Å². The van der Waals surface area contributed by atoms with Crippen molar-refractivity contribution in [3.63, 3.8) is 0 Å². The van der Waals surface area contributed by atoms with Crippen molar-refractivity contribution in [2.45, 2.75) is 64.6 Å². The third-order valence-corrected chi connectivity index (χ3v) is 3.27. The number of carbonyl (C=O) groups is 2. The zero-order chi connectivity index (χ0) is 16.3. The van der Waals surface area contributed by atoms with Crippen LogP contribution in [0.3, 0.4) is 0 Å². The van der Waals surface area contributed by atoms with Crippen molar-refractivity contribution in [1.29, 1.82) is 0 Å². The largest absolute Gasteiger partial charge is 0.464 e. The number of alkyl carbamates (subject to hydrolysis) is 1. The molecule has 5 nitrogen and oxygen atoms in total. The van der Waals surface area contributed by atoms with E-state index in [9.17, 15) is 14.0 Å². The fourth-order valence-electron chi connectivity index (χ4n) is 2.11. The fraction of sp³-hybridized carbons (Fsp3) is 0.733. The molecule has 0 aliphatic heterocycles. The Kier molecular flexibility index (Phi) is 5.36. The van der Waals surface area contributed by atoms with Crippen molar-refractivity contribution in [2.24, 2.45) is 0 Å². The second kappa shape index (κ2) is 6.45. The van der Waals surface area contributed by atoms with Crippen molar-refractivity contribution in [2.75, 3.05) is 7.11 Å². The van der Waals surface area contributed by atoms with Gasteiger partial charge in [-0.25, -0.2) is 14.0 Å². The van der Waals surface area contributed by atoms with Gasteiger partial charge in [-0.3, -0.25) is 5.32 Å². The summed E-state index contributed by atoms with van der Waals surface area (Å²) in [4.78, 5) is 23.6. The van der Waals surface area contributed by atoms with Gasteiger partial charge in [0.2, 0.25) is 0 Å². The summed E-state index contributed by atoms with van der Waals surface area (Å²) in [6, 6.07) is 0. The zero-order valence-electron chi connectivity index (χ0n) is 13.3. The molecule has 0 bridgehead atoms. The maximum absolute atomic E-state index is 13.8. The molecule has 0 aromatic carbocycles. The standard InChI is InChI=1S/C15H24FNO4/c1-14(2,3)21-13(19)17-11(12(18)20-5)10-6-8-15(4,16)9-7-10/h6-9H2,1-5H3,(H,17,19). The Morgan fingerprint density at radius 3 is 2.19 bits per heavy atom. The zero-order valence-corrected chi connectivity index (χ0v) is 13.3. The number of allylic oxidation sites excluding steroid dienone is 1. The summed E-state index contributed by atoms with van der Waals surface area (Å²) >= 11 is 0. The third kappa shape index (κ3) is 5.73. The van der Waals surface area contributed by atoms with Crippen LogP contribution in [0.4, 0.5) is 9.18 Å². The van der Waals surface area contributed by atoms with E-state index in [1.807, 2.05) is 0 Å². The van der Waals surface area contributed by atoms with Crippen LogP contribution in [0.2, 0.25) is 0 Å². The van der Waals surface area contributed by atoms with Crippen LogP contribution in [0, 0.1) is 0 Å². The van der Waals surface area contributed by atoms with E-state index >= 15 is 0 Å². The van der Waals surface area contributed by atoms with Crippen LogP contribution in [0.25, 0.3) is 0 Å². The van der Waals surface area contributed by atoms with Gasteiger partial charge in [-0.05, 0) is 59.0 Å². The average molecular weight is 301 g/mol. The Hall–Kier alpha value is -1.59. The molecular weight excluding hydrogens is 277 g/mol. The Bertz CT molecular complexity index is 437. The lowest BCUT2D eigenvalue weighted by Gasteiger charge is -2.28. The number of amides is 1. The summed E-state index contributed by atoms with van der Waals surface area (Å²) in [5.41, 5.74) is -1.12. The molecular formula is C15H24FNO4. The first-order valence-electron chi connectivity index (χ1n) is 7.03. The summed E-state index contributed by atoms with van der Waals surface area (Å²) in [5.74, 6) is -0.640. The van der Waals surface area contributed by atoms with Gasteiger partial charge < -0.3 is 9.47 Å². The molecule has 0 aromatic rings. The van der Waals surface area contributed by atoms with Crippen LogP contribution >= 0.6 is 0 Å². The van der Waals surface area contributed by atoms with Crippen LogP contribution in [-0.4, -0.2) is 30.4 Å². The highest BCUT2D eigenvalue weighted by atomic mass is 19.1. The lowest BCUT2D eigenvalue weighted by molar-refractivity contribution is -0.136. The van der Waals surface area contributed by atoms with Gasteiger partial charge in [0.1, 0.15) is 17.0 Å². The highest BCUT2D eigenvalue weighted by Crippen LogP contribution is 2.35. The Morgan fingerprint density at radius 2 is 1.76 bits per heavy atom. The molecule has 120 valence electrons. The third-order valence-electron chi connectivity index (χ3n) is 3.27. The normalized spacial score (nSPS) is 22.5. The highest BCUT2D eigenvalue weighted by Gasteiger charge is 2.31. The summed E-state index contributed by atoms with van der Waals surface area (Å²) in [6.07, 6.45) is 0.738. The molecule has 1 fully saturated rings. The molecule has 1 aliphatic carbocycles. The maximum Gasteiger partial charge on any atom is 0.412 e. The number of rotatable bonds is 2. The first-order chi connectivity index (χ1) is 9.54. The van der Waals surface area contributed by atoms with Gasteiger partial charge in [0.25, 0.3) is 0 Å². The van der Waals surface area contributed by atoms with E-state index in [1.54, 1.807) is 27.7 Å². The molecule has 0 unspecified atom stereocenters. The predicted molar refractivity (Wildman–Crippen MR) is 76.4 cm³/mol. The molecule has 1 saturated carbocycles. The minimum atomic E-state index is -1.23. The number of methoxy groups -OCH3 is 1. The molecule has 0 heterocycles.